The SMILES string of the molecule is COc1ccc(CC2NC(=O)/C=C/CC(C(C)C(O)C(OC)c3ccccc3)OC(=O)C(CC(C)C)OC(=O)C(C)CNC2=O)cc1Cl. The Morgan fingerprint density at radius 2 is 1.71 bits per heavy atom. The molecule has 262 valence electrons. The quantitative estimate of drug-likeness (QED) is 0.310. The molecule has 3 rings (SSSR count). The van der Waals surface area contributed by atoms with Crippen molar-refractivity contribution in [3.05, 3.63) is 76.8 Å². The molecule has 0 saturated carbocycles. The second-order valence-electron chi connectivity index (χ2n) is 12.5. The van der Waals surface area contributed by atoms with Crippen LogP contribution >= 0.6 is 11.6 Å². The first-order chi connectivity index (χ1) is 22.8. The van der Waals surface area contributed by atoms with Crippen LogP contribution < -0.4 is 15.4 Å². The Kier molecular flexibility index (Phi) is 14.9. The number of hydrogen-bond donors (Lipinski definition) is 3. The topological polar surface area (TPSA) is 149 Å². The molecule has 0 fully saturated rings. The smallest absolute Gasteiger partial charge is 0.347 e. The van der Waals surface area contributed by atoms with Crippen LogP contribution in [0.2, 0.25) is 5.02 Å². The number of methoxy groups -OCH3 is 2. The summed E-state index contributed by atoms with van der Waals surface area (Å²) in [6, 6.07) is 13.2. The van der Waals surface area contributed by atoms with E-state index in [9.17, 15) is 24.3 Å². The first-order valence-electron chi connectivity index (χ1n) is 16.1. The molecule has 11 nitrogen and oxygen atoms in total. The van der Waals surface area contributed by atoms with E-state index < -0.39 is 66.0 Å². The van der Waals surface area contributed by atoms with Crippen LogP contribution in [0.15, 0.2) is 60.7 Å². The van der Waals surface area contributed by atoms with Gasteiger partial charge >= 0.3 is 11.9 Å². The van der Waals surface area contributed by atoms with Crippen molar-refractivity contribution in [2.75, 3.05) is 20.8 Å². The van der Waals surface area contributed by atoms with Crippen LogP contribution in [0.25, 0.3) is 0 Å². The number of rotatable bonds is 10. The van der Waals surface area contributed by atoms with Gasteiger partial charge in [0.1, 0.15) is 24.0 Å². The van der Waals surface area contributed by atoms with Crippen LogP contribution in [0.3, 0.4) is 0 Å². The van der Waals surface area contributed by atoms with Crippen LogP contribution in [0.4, 0.5) is 0 Å². The minimum absolute atomic E-state index is 0.0239. The first kappa shape index (κ1) is 38.5. The van der Waals surface area contributed by atoms with Crippen LogP contribution in [-0.2, 0) is 39.8 Å². The van der Waals surface area contributed by atoms with Crippen molar-refractivity contribution in [3.8, 4) is 5.75 Å². The van der Waals surface area contributed by atoms with Crippen LogP contribution in [0.5, 0.6) is 5.75 Å². The van der Waals surface area contributed by atoms with Gasteiger partial charge in [0.2, 0.25) is 11.8 Å². The highest BCUT2D eigenvalue weighted by Gasteiger charge is 2.36. The molecule has 3 N–H and O–H groups in total. The number of esters is 2. The average Bonchev–Trinajstić information content (AvgIpc) is 3.05. The molecule has 7 atom stereocenters. The standard InChI is InChI=1S/C36H47ClN2O9/c1-21(2)17-30-36(44)47-28(23(4)32(41)33(46-6)25-11-8-7-9-12-25)13-10-14-31(40)39-27(34(42)38-20-22(3)35(43)48-30)19-24-15-16-29(45-5)26(37)18-24/h7-12,14-16,18,21-23,27-28,30,32-33,41H,13,17,19-20H2,1-6H3,(H,38,42)(H,39,40)/b14-10+. The minimum Gasteiger partial charge on any atom is -0.495 e. The summed E-state index contributed by atoms with van der Waals surface area (Å²) in [6.07, 6.45) is -0.897. The number of aliphatic hydroxyl groups is 1. The second-order valence-corrected chi connectivity index (χ2v) is 12.9. The van der Waals surface area contributed by atoms with E-state index in [2.05, 4.69) is 10.6 Å². The Hall–Kier alpha value is -3.93. The van der Waals surface area contributed by atoms with E-state index in [0.29, 0.717) is 16.3 Å². The Labute approximate surface area is 287 Å². The monoisotopic (exact) mass is 686 g/mol. The summed E-state index contributed by atoms with van der Waals surface area (Å²) in [5, 5.41) is 17.2. The molecule has 1 aliphatic heterocycles. The van der Waals surface area contributed by atoms with Crippen molar-refractivity contribution in [3.63, 3.8) is 0 Å². The number of hydrogen-bond acceptors (Lipinski definition) is 9. The zero-order chi connectivity index (χ0) is 35.4. The van der Waals surface area contributed by atoms with Gasteiger partial charge < -0.3 is 34.7 Å². The fourth-order valence-corrected chi connectivity index (χ4v) is 5.63. The van der Waals surface area contributed by atoms with Gasteiger partial charge in [0.15, 0.2) is 6.10 Å². The molecule has 1 aliphatic rings. The van der Waals surface area contributed by atoms with E-state index in [1.54, 1.807) is 32.0 Å². The third-order valence-corrected chi connectivity index (χ3v) is 8.50. The molecule has 1 heterocycles. The summed E-state index contributed by atoms with van der Waals surface area (Å²) in [4.78, 5) is 53.1. The van der Waals surface area contributed by atoms with E-state index >= 15 is 0 Å². The summed E-state index contributed by atoms with van der Waals surface area (Å²) in [6.45, 7) is 6.95. The molecule has 0 spiro atoms. The molecule has 2 amide bonds. The number of halogens is 1. The number of amides is 2. The molecule has 0 aromatic heterocycles. The Morgan fingerprint density at radius 3 is 2.33 bits per heavy atom. The summed E-state index contributed by atoms with van der Waals surface area (Å²) < 4.78 is 22.4. The normalized spacial score (nSPS) is 24.0. The Bertz CT molecular complexity index is 1420. The van der Waals surface area contributed by atoms with Crippen molar-refractivity contribution in [2.24, 2.45) is 17.8 Å². The summed E-state index contributed by atoms with van der Waals surface area (Å²) in [5.41, 5.74) is 1.40. The lowest BCUT2D eigenvalue weighted by molar-refractivity contribution is -0.178. The molecule has 0 aliphatic carbocycles. The van der Waals surface area contributed by atoms with Crippen molar-refractivity contribution < 1.29 is 43.2 Å². The van der Waals surface area contributed by atoms with Crippen LogP contribution in [0.1, 0.15) is 57.8 Å². The molecule has 48 heavy (non-hydrogen) atoms. The maximum atomic E-state index is 13.5. The molecule has 12 heteroatoms. The highest BCUT2D eigenvalue weighted by molar-refractivity contribution is 6.32. The summed E-state index contributed by atoms with van der Waals surface area (Å²) >= 11 is 6.30. The third kappa shape index (κ3) is 11.1. The minimum atomic E-state index is -1.22. The predicted octanol–water partition coefficient (Wildman–Crippen LogP) is 4.34. The fraction of sp³-hybridized carbons (Fsp3) is 0.500. The third-order valence-electron chi connectivity index (χ3n) is 8.20. The van der Waals surface area contributed by atoms with Crippen molar-refractivity contribution >= 4 is 35.4 Å². The molecule has 2 aromatic carbocycles. The molecule has 0 bridgehead atoms. The lowest BCUT2D eigenvalue weighted by Crippen LogP contribution is -2.49. The molecular weight excluding hydrogens is 640 g/mol. The Morgan fingerprint density at radius 1 is 1.00 bits per heavy atom. The van der Waals surface area contributed by atoms with Gasteiger partial charge in [-0.15, -0.1) is 0 Å². The van der Waals surface area contributed by atoms with E-state index in [4.69, 9.17) is 30.5 Å². The molecular formula is C36H47ClN2O9. The largest absolute Gasteiger partial charge is 0.495 e. The van der Waals surface area contributed by atoms with Gasteiger partial charge in [0.05, 0.1) is 24.2 Å². The number of carbonyl (C=O) groups is 4. The highest BCUT2D eigenvalue weighted by Crippen LogP contribution is 2.30. The van der Waals surface area contributed by atoms with E-state index in [1.807, 2.05) is 44.2 Å². The molecule has 7 unspecified atom stereocenters. The van der Waals surface area contributed by atoms with E-state index in [1.165, 1.54) is 26.4 Å². The zero-order valence-corrected chi connectivity index (χ0v) is 29.1. The first-order valence-corrected chi connectivity index (χ1v) is 16.5. The summed E-state index contributed by atoms with van der Waals surface area (Å²) in [7, 11) is 2.97. The number of nitrogens with one attached hydrogen (secondary N) is 2. The number of carbonyl (C=O) groups excluding carboxylic acids is 4. The molecule has 2 aromatic rings. The Balaban J connectivity index is 1.94. The lowest BCUT2D eigenvalue weighted by atomic mass is 9.89. The summed E-state index contributed by atoms with van der Waals surface area (Å²) in [5.74, 6) is -3.61. The van der Waals surface area contributed by atoms with Gasteiger partial charge in [0.25, 0.3) is 0 Å². The van der Waals surface area contributed by atoms with Crippen LogP contribution in [-0.4, -0.2) is 74.0 Å². The van der Waals surface area contributed by atoms with Gasteiger partial charge in [-0.05, 0) is 41.7 Å². The van der Waals surface area contributed by atoms with Crippen LogP contribution in [0, 0.1) is 17.8 Å². The van der Waals surface area contributed by atoms with Gasteiger partial charge in [-0.25, -0.2) is 4.79 Å². The number of cyclic esters (lactones) is 2. The van der Waals surface area contributed by atoms with Gasteiger partial charge in [-0.1, -0.05) is 81.8 Å². The maximum Gasteiger partial charge on any atom is 0.347 e. The zero-order valence-electron chi connectivity index (χ0n) is 28.3. The van der Waals surface area contributed by atoms with E-state index in [-0.39, 0.29) is 31.7 Å². The van der Waals surface area contributed by atoms with Crippen molar-refractivity contribution in [1.29, 1.82) is 0 Å². The predicted molar refractivity (Wildman–Crippen MR) is 180 cm³/mol. The van der Waals surface area contributed by atoms with Crippen molar-refractivity contribution in [1.82, 2.24) is 10.6 Å². The van der Waals surface area contributed by atoms with Crippen molar-refractivity contribution in [2.45, 2.75) is 77.4 Å². The van der Waals surface area contributed by atoms with E-state index in [0.717, 1.165) is 5.56 Å². The highest BCUT2D eigenvalue weighted by atomic mass is 35.5. The van der Waals surface area contributed by atoms with Gasteiger partial charge in [-0.2, -0.15) is 0 Å². The number of ether oxygens (including phenoxy) is 4. The van der Waals surface area contributed by atoms with Gasteiger partial charge in [-0.3, -0.25) is 14.4 Å². The number of aliphatic hydroxyl groups excluding tert-OH is 1. The van der Waals surface area contributed by atoms with Gasteiger partial charge in [0, 0.05) is 32.4 Å². The lowest BCUT2D eigenvalue weighted by Gasteiger charge is -2.33. The second kappa shape index (κ2) is 18.6. The maximum absolute atomic E-state index is 13.5. The average molecular weight is 687 g/mol. The molecule has 0 saturated heterocycles. The fourth-order valence-electron chi connectivity index (χ4n) is 5.35. The molecule has 0 radical (unpaired) electrons. The number of benzene rings is 2.